The van der Waals surface area contributed by atoms with E-state index in [4.69, 9.17) is 11.6 Å². The van der Waals surface area contributed by atoms with Gasteiger partial charge in [0.15, 0.2) is 0 Å². The number of aromatic nitrogens is 4. The zero-order valence-corrected chi connectivity index (χ0v) is 15.5. The number of halogens is 1. The molecule has 1 N–H and O–H groups in total. The molecule has 1 saturated heterocycles. The number of hydrogen-bond acceptors (Lipinski definition) is 4. The molecule has 0 spiro atoms. The summed E-state index contributed by atoms with van der Waals surface area (Å²) in [5, 5.41) is 21.0. The Kier molecular flexibility index (Phi) is 3.56. The van der Waals surface area contributed by atoms with Crippen LogP contribution in [-0.4, -0.2) is 43.4 Å². The molecule has 0 amide bonds. The molecule has 0 unspecified atom stereocenters. The monoisotopic (exact) mass is 371 g/mol. The fourth-order valence-corrected chi connectivity index (χ4v) is 3.98. The zero-order valence-electron chi connectivity index (χ0n) is 14.8. The average Bonchev–Trinajstić information content (AvgIpc) is 3.20. The van der Waals surface area contributed by atoms with Crippen molar-refractivity contribution in [3.05, 3.63) is 35.7 Å². The molecule has 1 aliphatic heterocycles. The van der Waals surface area contributed by atoms with Crippen molar-refractivity contribution in [2.75, 3.05) is 18.0 Å². The van der Waals surface area contributed by atoms with Crippen LogP contribution in [0.5, 0.6) is 0 Å². The standard InChI is InChI=1S/C19H22ClN5O/c1-19(26)4-6-23(7-5-19)18-9-17-13(8-16(18)20)10-22-25(17)15-11-21-24(12-15)14-2-3-14/h8-12,14,26H,2-7H2,1H3. The Morgan fingerprint density at radius 1 is 1.15 bits per heavy atom. The van der Waals surface area contributed by atoms with Crippen molar-refractivity contribution < 1.29 is 5.11 Å². The first-order valence-corrected chi connectivity index (χ1v) is 9.57. The Balaban J connectivity index is 1.52. The van der Waals surface area contributed by atoms with Gasteiger partial charge < -0.3 is 10.0 Å². The molecule has 7 heteroatoms. The second-order valence-electron chi connectivity index (χ2n) is 7.81. The van der Waals surface area contributed by atoms with Crippen LogP contribution in [0.15, 0.2) is 30.7 Å². The van der Waals surface area contributed by atoms with Gasteiger partial charge in [0.05, 0.1) is 46.5 Å². The summed E-state index contributed by atoms with van der Waals surface area (Å²) in [7, 11) is 0. The minimum Gasteiger partial charge on any atom is -0.390 e. The molecule has 1 aliphatic carbocycles. The number of hydrogen-bond donors (Lipinski definition) is 1. The first kappa shape index (κ1) is 16.1. The number of fused-ring (bicyclic) bond motifs is 1. The molecule has 1 aromatic carbocycles. The third-order valence-corrected chi connectivity index (χ3v) is 5.87. The van der Waals surface area contributed by atoms with Crippen molar-refractivity contribution in [1.82, 2.24) is 19.6 Å². The van der Waals surface area contributed by atoms with Crippen LogP contribution in [0.4, 0.5) is 5.69 Å². The molecule has 0 radical (unpaired) electrons. The highest BCUT2D eigenvalue weighted by Gasteiger charge is 2.29. The second-order valence-corrected chi connectivity index (χ2v) is 8.22. The van der Waals surface area contributed by atoms with Crippen LogP contribution in [0.25, 0.3) is 16.6 Å². The van der Waals surface area contributed by atoms with Gasteiger partial charge in [0.1, 0.15) is 5.69 Å². The lowest BCUT2D eigenvalue weighted by molar-refractivity contribution is 0.0351. The molecule has 3 heterocycles. The van der Waals surface area contributed by atoms with Crippen LogP contribution in [0.3, 0.4) is 0 Å². The molecule has 0 bridgehead atoms. The van der Waals surface area contributed by atoms with Crippen molar-refractivity contribution in [2.45, 2.75) is 44.2 Å². The summed E-state index contributed by atoms with van der Waals surface area (Å²) in [6, 6.07) is 4.64. The summed E-state index contributed by atoms with van der Waals surface area (Å²) in [5.41, 5.74) is 2.43. The normalized spacial score (nSPS) is 20.0. The minimum absolute atomic E-state index is 0.553. The Morgan fingerprint density at radius 3 is 2.65 bits per heavy atom. The van der Waals surface area contributed by atoms with Crippen LogP contribution in [0.1, 0.15) is 38.6 Å². The highest BCUT2D eigenvalue weighted by molar-refractivity contribution is 6.34. The first-order valence-electron chi connectivity index (χ1n) is 9.19. The third kappa shape index (κ3) is 2.77. The molecule has 3 aromatic rings. The SMILES string of the molecule is CC1(O)CCN(c2cc3c(cnn3-c3cnn(C4CC4)c3)cc2Cl)CC1. The maximum Gasteiger partial charge on any atom is 0.103 e. The predicted octanol–water partition coefficient (Wildman–Crippen LogP) is 3.56. The maximum atomic E-state index is 10.2. The fourth-order valence-electron chi connectivity index (χ4n) is 3.69. The Hall–Kier alpha value is -2.05. The second kappa shape index (κ2) is 5.72. The Morgan fingerprint density at radius 2 is 1.92 bits per heavy atom. The summed E-state index contributed by atoms with van der Waals surface area (Å²) in [6.45, 7) is 3.50. The molecular formula is C19H22ClN5O. The highest BCUT2D eigenvalue weighted by Crippen LogP contribution is 2.36. The summed E-state index contributed by atoms with van der Waals surface area (Å²) < 4.78 is 3.97. The van der Waals surface area contributed by atoms with Gasteiger partial charge in [-0.05, 0) is 44.7 Å². The number of benzene rings is 1. The topological polar surface area (TPSA) is 59.1 Å². The van der Waals surface area contributed by atoms with E-state index in [1.807, 2.05) is 34.7 Å². The van der Waals surface area contributed by atoms with Gasteiger partial charge >= 0.3 is 0 Å². The van der Waals surface area contributed by atoms with Crippen molar-refractivity contribution >= 4 is 28.2 Å². The van der Waals surface area contributed by atoms with E-state index in [0.29, 0.717) is 6.04 Å². The van der Waals surface area contributed by atoms with Gasteiger partial charge in [-0.15, -0.1) is 0 Å². The Bertz CT molecular complexity index is 962. The number of rotatable bonds is 3. The number of aliphatic hydroxyl groups is 1. The van der Waals surface area contributed by atoms with Crippen molar-refractivity contribution in [1.29, 1.82) is 0 Å². The van der Waals surface area contributed by atoms with E-state index in [2.05, 4.69) is 27.4 Å². The van der Waals surface area contributed by atoms with Crippen molar-refractivity contribution in [3.63, 3.8) is 0 Å². The van der Waals surface area contributed by atoms with Gasteiger partial charge in [0.2, 0.25) is 0 Å². The molecule has 6 nitrogen and oxygen atoms in total. The first-order chi connectivity index (χ1) is 12.5. The van der Waals surface area contributed by atoms with Crippen LogP contribution in [0, 0.1) is 0 Å². The predicted molar refractivity (Wildman–Crippen MR) is 102 cm³/mol. The molecule has 5 rings (SSSR count). The summed E-state index contributed by atoms with van der Waals surface area (Å²) >= 11 is 6.56. The third-order valence-electron chi connectivity index (χ3n) is 5.57. The highest BCUT2D eigenvalue weighted by atomic mass is 35.5. The van der Waals surface area contributed by atoms with Gasteiger partial charge in [-0.25, -0.2) is 4.68 Å². The van der Waals surface area contributed by atoms with Crippen LogP contribution in [-0.2, 0) is 0 Å². The van der Waals surface area contributed by atoms with Crippen LogP contribution < -0.4 is 4.90 Å². The molecule has 1 saturated carbocycles. The number of anilines is 1. The molecule has 26 heavy (non-hydrogen) atoms. The summed E-state index contributed by atoms with van der Waals surface area (Å²) in [6.07, 6.45) is 9.69. The molecule has 0 atom stereocenters. The van der Waals surface area contributed by atoms with E-state index in [9.17, 15) is 5.11 Å². The van der Waals surface area contributed by atoms with Gasteiger partial charge in [-0.2, -0.15) is 10.2 Å². The van der Waals surface area contributed by atoms with Gasteiger partial charge in [0.25, 0.3) is 0 Å². The molecule has 2 fully saturated rings. The van der Waals surface area contributed by atoms with E-state index in [1.54, 1.807) is 0 Å². The minimum atomic E-state index is -0.577. The molecule has 2 aromatic heterocycles. The van der Waals surface area contributed by atoms with Crippen molar-refractivity contribution in [3.8, 4) is 5.69 Å². The van der Waals surface area contributed by atoms with Crippen LogP contribution in [0.2, 0.25) is 5.02 Å². The number of piperidine rings is 1. The number of nitrogens with zero attached hydrogens (tertiary/aromatic N) is 5. The summed E-state index contributed by atoms with van der Waals surface area (Å²) in [5.74, 6) is 0. The quantitative estimate of drug-likeness (QED) is 0.764. The van der Waals surface area contributed by atoms with E-state index in [-0.39, 0.29) is 0 Å². The van der Waals surface area contributed by atoms with Gasteiger partial charge in [-0.3, -0.25) is 4.68 Å². The smallest absolute Gasteiger partial charge is 0.103 e. The zero-order chi connectivity index (χ0) is 17.9. The molecular weight excluding hydrogens is 350 g/mol. The lowest BCUT2D eigenvalue weighted by atomic mass is 9.93. The van der Waals surface area contributed by atoms with Gasteiger partial charge in [-0.1, -0.05) is 11.6 Å². The van der Waals surface area contributed by atoms with E-state index in [0.717, 1.165) is 53.2 Å². The largest absolute Gasteiger partial charge is 0.390 e. The fraction of sp³-hybridized carbons (Fsp3) is 0.474. The lowest BCUT2D eigenvalue weighted by Gasteiger charge is -2.37. The van der Waals surface area contributed by atoms with E-state index in [1.165, 1.54) is 12.8 Å². The molecule has 136 valence electrons. The van der Waals surface area contributed by atoms with Gasteiger partial charge in [0, 0.05) is 18.5 Å². The average molecular weight is 372 g/mol. The van der Waals surface area contributed by atoms with E-state index >= 15 is 0 Å². The van der Waals surface area contributed by atoms with Crippen LogP contribution >= 0.6 is 11.6 Å². The lowest BCUT2D eigenvalue weighted by Crippen LogP contribution is -2.42. The summed E-state index contributed by atoms with van der Waals surface area (Å²) in [4.78, 5) is 2.25. The molecule has 2 aliphatic rings. The van der Waals surface area contributed by atoms with Crippen molar-refractivity contribution in [2.24, 2.45) is 0 Å². The Labute approximate surface area is 157 Å². The maximum absolute atomic E-state index is 10.2. The van der Waals surface area contributed by atoms with E-state index < -0.39 is 5.60 Å².